The molecule has 0 amide bonds. The molecule has 1 fully saturated rings. The summed E-state index contributed by atoms with van der Waals surface area (Å²) in [6.07, 6.45) is 2.41. The predicted octanol–water partition coefficient (Wildman–Crippen LogP) is 2.11. The molecule has 2 rings (SSSR count). The number of hydrogen-bond acceptors (Lipinski definition) is 3. The molecule has 1 aromatic heterocycles. The van der Waals surface area contributed by atoms with Crippen LogP contribution < -0.4 is 5.32 Å². The summed E-state index contributed by atoms with van der Waals surface area (Å²) in [5.74, 6) is 0. The molecule has 1 aliphatic heterocycles. The Morgan fingerprint density at radius 1 is 1.53 bits per heavy atom. The molecule has 1 N–H and O–H groups in total. The number of halogens is 1. The fourth-order valence-corrected chi connectivity index (χ4v) is 2.80. The van der Waals surface area contributed by atoms with Crippen LogP contribution in [0.3, 0.4) is 0 Å². The highest BCUT2D eigenvalue weighted by molar-refractivity contribution is 9.10. The SMILES string of the molecule is CCc1nn(CC)c(COC2CCNC2)c1Br. The number of rotatable bonds is 5. The summed E-state index contributed by atoms with van der Waals surface area (Å²) >= 11 is 3.63. The summed E-state index contributed by atoms with van der Waals surface area (Å²) < 4.78 is 9.07. The number of ether oxygens (including phenoxy) is 1. The van der Waals surface area contributed by atoms with Crippen molar-refractivity contribution in [1.82, 2.24) is 15.1 Å². The van der Waals surface area contributed by atoms with E-state index in [9.17, 15) is 0 Å². The Kier molecular flexibility index (Phi) is 4.59. The van der Waals surface area contributed by atoms with Crippen molar-refractivity contribution in [3.05, 3.63) is 15.9 Å². The minimum Gasteiger partial charge on any atom is -0.371 e. The second-order valence-corrected chi connectivity index (χ2v) is 5.10. The zero-order valence-electron chi connectivity index (χ0n) is 10.5. The van der Waals surface area contributed by atoms with Gasteiger partial charge in [0.1, 0.15) is 0 Å². The van der Waals surface area contributed by atoms with Crippen molar-refractivity contribution in [2.45, 2.75) is 45.9 Å². The highest BCUT2D eigenvalue weighted by Crippen LogP contribution is 2.23. The van der Waals surface area contributed by atoms with Crippen LogP contribution in [-0.4, -0.2) is 29.0 Å². The van der Waals surface area contributed by atoms with Crippen molar-refractivity contribution in [2.24, 2.45) is 0 Å². The molecule has 0 spiro atoms. The topological polar surface area (TPSA) is 39.1 Å². The Hall–Kier alpha value is -0.390. The van der Waals surface area contributed by atoms with Crippen LogP contribution in [0.2, 0.25) is 0 Å². The summed E-state index contributed by atoms with van der Waals surface area (Å²) in [5, 5.41) is 7.88. The van der Waals surface area contributed by atoms with Gasteiger partial charge in [0, 0.05) is 13.1 Å². The lowest BCUT2D eigenvalue weighted by Gasteiger charge is -2.11. The quantitative estimate of drug-likeness (QED) is 0.905. The largest absolute Gasteiger partial charge is 0.371 e. The Labute approximate surface area is 111 Å². The molecular formula is C12H20BrN3O. The first-order chi connectivity index (χ1) is 8.26. The van der Waals surface area contributed by atoms with E-state index < -0.39 is 0 Å². The number of nitrogens with zero attached hydrogens (tertiary/aromatic N) is 2. The molecule has 4 nitrogen and oxygen atoms in total. The maximum atomic E-state index is 5.92. The van der Waals surface area contributed by atoms with Gasteiger partial charge in [0.2, 0.25) is 0 Å². The lowest BCUT2D eigenvalue weighted by molar-refractivity contribution is 0.0497. The van der Waals surface area contributed by atoms with Crippen molar-refractivity contribution in [1.29, 1.82) is 0 Å². The fraction of sp³-hybridized carbons (Fsp3) is 0.750. The summed E-state index contributed by atoms with van der Waals surface area (Å²) in [6.45, 7) is 7.81. The Morgan fingerprint density at radius 2 is 2.35 bits per heavy atom. The van der Waals surface area contributed by atoms with Crippen LogP contribution >= 0.6 is 15.9 Å². The van der Waals surface area contributed by atoms with Crippen molar-refractivity contribution >= 4 is 15.9 Å². The molecule has 1 unspecified atom stereocenters. The van der Waals surface area contributed by atoms with E-state index in [-0.39, 0.29) is 0 Å². The Balaban J connectivity index is 2.05. The molecule has 1 atom stereocenters. The summed E-state index contributed by atoms with van der Waals surface area (Å²) in [4.78, 5) is 0. The van der Waals surface area contributed by atoms with Gasteiger partial charge in [-0.2, -0.15) is 5.10 Å². The van der Waals surface area contributed by atoms with Crippen molar-refractivity contribution in [3.63, 3.8) is 0 Å². The van der Waals surface area contributed by atoms with Crippen molar-refractivity contribution < 1.29 is 4.74 Å². The number of hydrogen-bond donors (Lipinski definition) is 1. The average Bonchev–Trinajstić information content (AvgIpc) is 2.94. The zero-order chi connectivity index (χ0) is 12.3. The molecule has 1 aromatic rings. The zero-order valence-corrected chi connectivity index (χ0v) is 12.1. The Morgan fingerprint density at radius 3 is 2.94 bits per heavy atom. The molecule has 17 heavy (non-hydrogen) atoms. The first kappa shape index (κ1) is 13.1. The van der Waals surface area contributed by atoms with E-state index in [2.05, 4.69) is 40.2 Å². The summed E-state index contributed by atoms with van der Waals surface area (Å²) in [7, 11) is 0. The normalized spacial score (nSPS) is 20.1. The summed E-state index contributed by atoms with van der Waals surface area (Å²) in [6, 6.07) is 0. The second kappa shape index (κ2) is 5.98. The lowest BCUT2D eigenvalue weighted by atomic mass is 10.3. The van der Waals surface area contributed by atoms with E-state index in [0.717, 1.165) is 48.3 Å². The van der Waals surface area contributed by atoms with E-state index in [1.807, 2.05) is 4.68 Å². The van der Waals surface area contributed by atoms with Gasteiger partial charge in [-0.05, 0) is 42.2 Å². The highest BCUT2D eigenvalue weighted by atomic mass is 79.9. The maximum absolute atomic E-state index is 5.92. The van der Waals surface area contributed by atoms with Gasteiger partial charge < -0.3 is 10.1 Å². The monoisotopic (exact) mass is 301 g/mol. The van der Waals surface area contributed by atoms with Gasteiger partial charge in [0.05, 0.1) is 28.6 Å². The molecule has 0 bridgehead atoms. The third-order valence-corrected chi connectivity index (χ3v) is 4.08. The molecule has 0 radical (unpaired) electrons. The molecule has 2 heterocycles. The minimum atomic E-state index is 0.354. The summed E-state index contributed by atoms with van der Waals surface area (Å²) in [5.41, 5.74) is 2.28. The fourth-order valence-electron chi connectivity index (χ4n) is 2.12. The number of aryl methyl sites for hydroxylation is 2. The molecular weight excluding hydrogens is 282 g/mol. The maximum Gasteiger partial charge on any atom is 0.0900 e. The molecule has 0 aromatic carbocycles. The van der Waals surface area contributed by atoms with Crippen molar-refractivity contribution in [2.75, 3.05) is 13.1 Å². The first-order valence-electron chi connectivity index (χ1n) is 6.32. The third-order valence-electron chi connectivity index (χ3n) is 3.16. The third kappa shape index (κ3) is 2.89. The van der Waals surface area contributed by atoms with E-state index in [1.165, 1.54) is 0 Å². The van der Waals surface area contributed by atoms with E-state index >= 15 is 0 Å². The lowest BCUT2D eigenvalue weighted by Crippen LogP contribution is -2.17. The van der Waals surface area contributed by atoms with E-state index in [1.54, 1.807) is 0 Å². The van der Waals surface area contributed by atoms with Crippen LogP contribution in [0.15, 0.2) is 4.47 Å². The molecule has 5 heteroatoms. The molecule has 1 saturated heterocycles. The highest BCUT2D eigenvalue weighted by Gasteiger charge is 2.18. The first-order valence-corrected chi connectivity index (χ1v) is 7.11. The van der Waals surface area contributed by atoms with E-state index in [0.29, 0.717) is 12.7 Å². The predicted molar refractivity (Wildman–Crippen MR) is 71.0 cm³/mol. The van der Waals surface area contributed by atoms with Crippen LogP contribution in [0.4, 0.5) is 0 Å². The van der Waals surface area contributed by atoms with Crippen LogP contribution in [0.1, 0.15) is 31.7 Å². The number of nitrogens with one attached hydrogen (secondary N) is 1. The van der Waals surface area contributed by atoms with Crippen LogP contribution in [0, 0.1) is 0 Å². The second-order valence-electron chi connectivity index (χ2n) is 4.30. The van der Waals surface area contributed by atoms with Crippen LogP contribution in [0.25, 0.3) is 0 Å². The van der Waals surface area contributed by atoms with Gasteiger partial charge in [0.25, 0.3) is 0 Å². The smallest absolute Gasteiger partial charge is 0.0900 e. The van der Waals surface area contributed by atoms with Crippen LogP contribution in [-0.2, 0) is 24.3 Å². The average molecular weight is 302 g/mol. The minimum absolute atomic E-state index is 0.354. The van der Waals surface area contributed by atoms with Gasteiger partial charge in [-0.15, -0.1) is 0 Å². The molecule has 0 saturated carbocycles. The van der Waals surface area contributed by atoms with Gasteiger partial charge in [-0.1, -0.05) is 6.92 Å². The van der Waals surface area contributed by atoms with Gasteiger partial charge in [0.15, 0.2) is 0 Å². The van der Waals surface area contributed by atoms with Gasteiger partial charge in [-0.25, -0.2) is 0 Å². The van der Waals surface area contributed by atoms with Crippen molar-refractivity contribution in [3.8, 4) is 0 Å². The van der Waals surface area contributed by atoms with Gasteiger partial charge >= 0.3 is 0 Å². The molecule has 96 valence electrons. The standard InChI is InChI=1S/C12H20BrN3O/c1-3-10-12(13)11(16(4-2)15-10)8-17-9-5-6-14-7-9/h9,14H,3-8H2,1-2H3. The van der Waals surface area contributed by atoms with E-state index in [4.69, 9.17) is 4.74 Å². The number of aromatic nitrogens is 2. The Bertz CT molecular complexity index is 372. The molecule has 0 aliphatic carbocycles. The molecule has 1 aliphatic rings. The van der Waals surface area contributed by atoms with Gasteiger partial charge in [-0.3, -0.25) is 4.68 Å². The van der Waals surface area contributed by atoms with Crippen LogP contribution in [0.5, 0.6) is 0 Å².